The molecule has 20 heavy (non-hydrogen) atoms. The van der Waals surface area contributed by atoms with Crippen LogP contribution in [0.15, 0.2) is 16.9 Å². The summed E-state index contributed by atoms with van der Waals surface area (Å²) in [5, 5.41) is 12.4. The monoisotopic (exact) mass is 278 g/mol. The quantitative estimate of drug-likeness (QED) is 0.862. The Balaban J connectivity index is 2.13. The molecule has 1 fully saturated rings. The van der Waals surface area contributed by atoms with Crippen molar-refractivity contribution >= 4 is 5.91 Å². The van der Waals surface area contributed by atoms with Gasteiger partial charge in [0.05, 0.1) is 6.10 Å². The molecule has 5 nitrogen and oxygen atoms in total. The molecule has 1 aliphatic rings. The van der Waals surface area contributed by atoms with Crippen LogP contribution < -0.4 is 10.7 Å². The Labute approximate surface area is 118 Å². The molecule has 1 amide bonds. The van der Waals surface area contributed by atoms with Gasteiger partial charge in [-0.25, -0.2) is 0 Å². The highest BCUT2D eigenvalue weighted by Crippen LogP contribution is 2.31. The number of hydrogen-bond donors (Lipinski definition) is 2. The second-order valence-corrected chi connectivity index (χ2v) is 5.65. The number of carbonyl (C=O) groups is 1. The molecule has 2 rings (SSSR count). The van der Waals surface area contributed by atoms with Crippen LogP contribution in [0.4, 0.5) is 0 Å². The standard InChI is InChI=1S/C15H22N2O3/c1-4-13(10-6-12(19)7-10)16-15(20)14-8-11(18)5-9(2)17(14)3/h5,8,10,12-13,19H,4,6-7H2,1-3H3,(H,16,20). The molecule has 0 bridgehead atoms. The van der Waals surface area contributed by atoms with Gasteiger partial charge in [0.25, 0.3) is 5.91 Å². The normalized spacial score (nSPS) is 23.0. The molecule has 1 aromatic rings. The third kappa shape index (κ3) is 2.93. The predicted molar refractivity (Wildman–Crippen MR) is 76.7 cm³/mol. The van der Waals surface area contributed by atoms with Crippen LogP contribution in [0.1, 0.15) is 42.4 Å². The Morgan fingerprint density at radius 2 is 2.15 bits per heavy atom. The Bertz CT molecular complexity index is 559. The molecule has 0 radical (unpaired) electrons. The molecule has 1 saturated carbocycles. The maximum absolute atomic E-state index is 12.3. The lowest BCUT2D eigenvalue weighted by Crippen LogP contribution is -2.47. The highest BCUT2D eigenvalue weighted by atomic mass is 16.3. The topological polar surface area (TPSA) is 71.3 Å². The van der Waals surface area contributed by atoms with E-state index in [9.17, 15) is 14.7 Å². The summed E-state index contributed by atoms with van der Waals surface area (Å²) >= 11 is 0. The van der Waals surface area contributed by atoms with Crippen LogP contribution in [0, 0.1) is 12.8 Å². The van der Waals surface area contributed by atoms with Crippen LogP contribution in [0.5, 0.6) is 0 Å². The summed E-state index contributed by atoms with van der Waals surface area (Å²) in [5.41, 5.74) is 0.987. The van der Waals surface area contributed by atoms with Crippen molar-refractivity contribution in [1.82, 2.24) is 9.88 Å². The number of aromatic nitrogens is 1. The van der Waals surface area contributed by atoms with E-state index in [2.05, 4.69) is 5.32 Å². The van der Waals surface area contributed by atoms with Gasteiger partial charge >= 0.3 is 0 Å². The van der Waals surface area contributed by atoms with Crippen LogP contribution in [-0.4, -0.2) is 27.7 Å². The van der Waals surface area contributed by atoms with Crippen molar-refractivity contribution < 1.29 is 9.90 Å². The SMILES string of the molecule is CCC(NC(=O)c1cc(=O)cc(C)n1C)C1CC(O)C1. The van der Waals surface area contributed by atoms with Gasteiger partial charge < -0.3 is 15.0 Å². The first-order valence-corrected chi connectivity index (χ1v) is 7.09. The summed E-state index contributed by atoms with van der Waals surface area (Å²) in [5.74, 6) is 0.113. The van der Waals surface area contributed by atoms with Crippen molar-refractivity contribution in [2.45, 2.75) is 45.3 Å². The summed E-state index contributed by atoms with van der Waals surface area (Å²) in [6, 6.07) is 2.93. The molecule has 110 valence electrons. The molecule has 0 spiro atoms. The zero-order valence-corrected chi connectivity index (χ0v) is 12.2. The maximum Gasteiger partial charge on any atom is 0.268 e. The van der Waals surface area contributed by atoms with Crippen LogP contribution >= 0.6 is 0 Å². The summed E-state index contributed by atoms with van der Waals surface area (Å²) in [6.45, 7) is 3.82. The van der Waals surface area contributed by atoms with Crippen molar-refractivity contribution in [1.29, 1.82) is 0 Å². The summed E-state index contributed by atoms with van der Waals surface area (Å²) in [7, 11) is 1.78. The number of aliphatic hydroxyl groups is 1. The fourth-order valence-corrected chi connectivity index (χ4v) is 2.74. The van der Waals surface area contributed by atoms with E-state index in [-0.39, 0.29) is 23.5 Å². The minimum Gasteiger partial charge on any atom is -0.393 e. The third-order valence-corrected chi connectivity index (χ3v) is 4.23. The van der Waals surface area contributed by atoms with Gasteiger partial charge in [-0.1, -0.05) is 6.92 Å². The molecule has 1 atom stereocenters. The van der Waals surface area contributed by atoms with Crippen LogP contribution in [0.3, 0.4) is 0 Å². The molecular weight excluding hydrogens is 256 g/mol. The average molecular weight is 278 g/mol. The number of aliphatic hydroxyl groups excluding tert-OH is 1. The van der Waals surface area contributed by atoms with Crippen molar-refractivity contribution in [3.05, 3.63) is 33.7 Å². The lowest BCUT2D eigenvalue weighted by atomic mass is 9.76. The van der Waals surface area contributed by atoms with Gasteiger partial charge in [0, 0.05) is 30.9 Å². The average Bonchev–Trinajstić information content (AvgIpc) is 2.36. The number of hydrogen-bond acceptors (Lipinski definition) is 3. The largest absolute Gasteiger partial charge is 0.393 e. The van der Waals surface area contributed by atoms with E-state index >= 15 is 0 Å². The van der Waals surface area contributed by atoms with Gasteiger partial charge in [-0.3, -0.25) is 9.59 Å². The number of rotatable bonds is 4. The molecule has 0 aliphatic heterocycles. The zero-order valence-electron chi connectivity index (χ0n) is 12.2. The fraction of sp³-hybridized carbons (Fsp3) is 0.600. The zero-order chi connectivity index (χ0) is 14.9. The van der Waals surface area contributed by atoms with Crippen molar-refractivity contribution in [2.24, 2.45) is 13.0 Å². The second-order valence-electron chi connectivity index (χ2n) is 5.65. The van der Waals surface area contributed by atoms with Crippen LogP contribution in [0.2, 0.25) is 0 Å². The van der Waals surface area contributed by atoms with Gasteiger partial charge in [-0.05, 0) is 32.1 Å². The van der Waals surface area contributed by atoms with E-state index in [1.807, 2.05) is 6.92 Å². The molecule has 0 aromatic carbocycles. The first-order chi connectivity index (χ1) is 9.42. The molecule has 1 unspecified atom stereocenters. The van der Waals surface area contributed by atoms with E-state index in [1.165, 1.54) is 12.1 Å². The maximum atomic E-state index is 12.3. The minimum absolute atomic E-state index is 0.0570. The fourth-order valence-electron chi connectivity index (χ4n) is 2.74. The molecule has 1 heterocycles. The van der Waals surface area contributed by atoms with Gasteiger partial charge in [-0.2, -0.15) is 0 Å². The van der Waals surface area contributed by atoms with Gasteiger partial charge in [0.1, 0.15) is 5.69 Å². The molecule has 0 saturated heterocycles. The number of carbonyl (C=O) groups excluding carboxylic acids is 1. The Hall–Kier alpha value is -1.62. The van der Waals surface area contributed by atoms with Crippen molar-refractivity contribution in [2.75, 3.05) is 0 Å². The van der Waals surface area contributed by atoms with E-state index in [4.69, 9.17) is 0 Å². The highest BCUT2D eigenvalue weighted by Gasteiger charge is 2.34. The highest BCUT2D eigenvalue weighted by molar-refractivity contribution is 5.92. The van der Waals surface area contributed by atoms with E-state index in [0.717, 1.165) is 25.0 Å². The Kier molecular flexibility index (Phi) is 4.28. The first kappa shape index (κ1) is 14.8. The first-order valence-electron chi connectivity index (χ1n) is 7.09. The Morgan fingerprint density at radius 1 is 1.50 bits per heavy atom. The molecule has 1 aromatic heterocycles. The van der Waals surface area contributed by atoms with E-state index < -0.39 is 0 Å². The number of aryl methyl sites for hydroxylation is 1. The molecule has 5 heteroatoms. The van der Waals surface area contributed by atoms with Gasteiger partial charge in [0.15, 0.2) is 5.43 Å². The summed E-state index contributed by atoms with van der Waals surface area (Å²) < 4.78 is 1.72. The Morgan fingerprint density at radius 3 is 2.70 bits per heavy atom. The lowest BCUT2D eigenvalue weighted by molar-refractivity contribution is 0.0231. The van der Waals surface area contributed by atoms with Gasteiger partial charge in [-0.15, -0.1) is 0 Å². The van der Waals surface area contributed by atoms with Crippen molar-refractivity contribution in [3.8, 4) is 0 Å². The van der Waals surface area contributed by atoms with E-state index in [1.54, 1.807) is 18.5 Å². The molecule has 2 N–H and O–H groups in total. The second kappa shape index (κ2) is 5.79. The predicted octanol–water partition coefficient (Wildman–Crippen LogP) is 0.973. The summed E-state index contributed by atoms with van der Waals surface area (Å²) in [4.78, 5) is 23.9. The van der Waals surface area contributed by atoms with E-state index in [0.29, 0.717) is 11.6 Å². The number of nitrogens with zero attached hydrogens (tertiary/aromatic N) is 1. The smallest absolute Gasteiger partial charge is 0.268 e. The summed E-state index contributed by atoms with van der Waals surface area (Å²) in [6.07, 6.45) is 2.08. The number of nitrogens with one attached hydrogen (secondary N) is 1. The molecular formula is C15H22N2O3. The number of pyridine rings is 1. The number of amides is 1. The third-order valence-electron chi connectivity index (χ3n) is 4.23. The minimum atomic E-state index is -0.228. The lowest BCUT2D eigenvalue weighted by Gasteiger charge is -2.37. The van der Waals surface area contributed by atoms with Crippen LogP contribution in [0.25, 0.3) is 0 Å². The van der Waals surface area contributed by atoms with Crippen LogP contribution in [-0.2, 0) is 7.05 Å². The van der Waals surface area contributed by atoms with Gasteiger partial charge in [0.2, 0.25) is 0 Å². The molecule has 1 aliphatic carbocycles. The van der Waals surface area contributed by atoms with Crippen molar-refractivity contribution in [3.63, 3.8) is 0 Å².